The quantitative estimate of drug-likeness (QED) is 0.266. The molecule has 0 fully saturated rings. The number of ether oxygens (including phenoxy) is 2. The number of thiophene rings is 1. The second-order valence-electron chi connectivity index (χ2n) is 8.93. The van der Waals surface area contributed by atoms with Crippen molar-refractivity contribution < 1.29 is 14.3 Å². The molecule has 0 aliphatic heterocycles. The van der Waals surface area contributed by atoms with Gasteiger partial charge >= 0.3 is 0 Å². The second-order valence-corrected chi connectivity index (χ2v) is 10.1. The molecule has 3 rings (SSSR count). The maximum atomic E-state index is 12.5. The van der Waals surface area contributed by atoms with E-state index in [-0.39, 0.29) is 11.2 Å². The summed E-state index contributed by atoms with van der Waals surface area (Å²) in [6.45, 7) is 11.1. The molecule has 0 saturated heterocycles. The average Bonchev–Trinajstić information content (AvgIpc) is 3.24. The van der Waals surface area contributed by atoms with Crippen LogP contribution in [0.15, 0.2) is 54.6 Å². The van der Waals surface area contributed by atoms with Crippen molar-refractivity contribution in [1.82, 2.24) is 0 Å². The van der Waals surface area contributed by atoms with Gasteiger partial charge in [0, 0.05) is 10.4 Å². The van der Waals surface area contributed by atoms with Gasteiger partial charge in [0.2, 0.25) is 0 Å². The van der Waals surface area contributed by atoms with Crippen molar-refractivity contribution in [3.05, 3.63) is 86.6 Å². The molecule has 3 aromatic rings. The summed E-state index contributed by atoms with van der Waals surface area (Å²) in [6.07, 6.45) is 4.43. The zero-order chi connectivity index (χ0) is 23.3. The fraction of sp³-hybridized carbons (Fsp3) is 0.321. The summed E-state index contributed by atoms with van der Waals surface area (Å²) in [6, 6.07) is 16.1. The number of allylic oxidation sites excluding steroid dienone is 1. The monoisotopic (exact) mass is 448 g/mol. The Kier molecular flexibility index (Phi) is 7.57. The Morgan fingerprint density at radius 1 is 1.03 bits per heavy atom. The maximum absolute atomic E-state index is 12.5. The summed E-state index contributed by atoms with van der Waals surface area (Å²) in [5.74, 6) is 1.68. The van der Waals surface area contributed by atoms with Gasteiger partial charge in [-0.1, -0.05) is 52.0 Å². The predicted octanol–water partition coefficient (Wildman–Crippen LogP) is 7.40. The third-order valence-corrected chi connectivity index (χ3v) is 6.56. The normalized spacial score (nSPS) is 11.7. The van der Waals surface area contributed by atoms with E-state index < -0.39 is 0 Å². The SMILES string of the molecule is CCc1ccc(C(=O)/C=C/c2ccc(OC)c(COc3cc(C)ccc3C(C)(C)C)c2)s1. The molecule has 0 N–H and O–H groups in total. The number of carbonyl (C=O) groups excluding carboxylic acids is 1. The van der Waals surface area contributed by atoms with Crippen molar-refractivity contribution in [1.29, 1.82) is 0 Å². The Morgan fingerprint density at radius 3 is 2.47 bits per heavy atom. The molecule has 0 radical (unpaired) electrons. The number of ketones is 1. The minimum absolute atomic E-state index is 0.0164. The van der Waals surface area contributed by atoms with Gasteiger partial charge in [0.15, 0.2) is 5.78 Å². The van der Waals surface area contributed by atoms with E-state index in [9.17, 15) is 4.79 Å². The van der Waals surface area contributed by atoms with Gasteiger partial charge in [-0.2, -0.15) is 0 Å². The number of carbonyl (C=O) groups is 1. The predicted molar refractivity (Wildman–Crippen MR) is 134 cm³/mol. The van der Waals surface area contributed by atoms with E-state index in [1.165, 1.54) is 10.4 Å². The van der Waals surface area contributed by atoms with Gasteiger partial charge in [-0.05, 0) is 71.9 Å². The van der Waals surface area contributed by atoms with Gasteiger partial charge in [0.25, 0.3) is 0 Å². The first-order chi connectivity index (χ1) is 15.2. The number of aryl methyl sites for hydroxylation is 2. The molecule has 0 amide bonds. The number of hydrogen-bond donors (Lipinski definition) is 0. The summed E-state index contributed by atoms with van der Waals surface area (Å²) in [7, 11) is 1.66. The van der Waals surface area contributed by atoms with Crippen LogP contribution in [0.2, 0.25) is 0 Å². The Bertz CT molecular complexity index is 1120. The highest BCUT2D eigenvalue weighted by molar-refractivity contribution is 7.14. The maximum Gasteiger partial charge on any atom is 0.195 e. The lowest BCUT2D eigenvalue weighted by molar-refractivity contribution is 0.105. The van der Waals surface area contributed by atoms with Crippen LogP contribution in [0.25, 0.3) is 6.08 Å². The molecule has 4 heteroatoms. The first kappa shape index (κ1) is 23.8. The molecule has 0 atom stereocenters. The molecule has 32 heavy (non-hydrogen) atoms. The van der Waals surface area contributed by atoms with Gasteiger partial charge < -0.3 is 9.47 Å². The van der Waals surface area contributed by atoms with Crippen molar-refractivity contribution in [2.24, 2.45) is 0 Å². The summed E-state index contributed by atoms with van der Waals surface area (Å²) < 4.78 is 11.8. The third kappa shape index (κ3) is 5.89. The average molecular weight is 449 g/mol. The fourth-order valence-electron chi connectivity index (χ4n) is 3.49. The van der Waals surface area contributed by atoms with Gasteiger partial charge in [-0.3, -0.25) is 4.79 Å². The van der Waals surface area contributed by atoms with E-state index in [0.717, 1.165) is 39.5 Å². The standard InChI is InChI=1S/C28H32O3S/c1-7-22-11-15-27(32-22)24(29)13-9-20-10-14-25(30-6)21(17-20)18-31-26-16-19(2)8-12-23(26)28(3,4)5/h8-17H,7,18H2,1-6H3/b13-9+. The number of benzene rings is 2. The molecular formula is C28H32O3S. The molecule has 0 bridgehead atoms. The second kappa shape index (κ2) is 10.2. The van der Waals surface area contributed by atoms with Gasteiger partial charge in [-0.15, -0.1) is 11.3 Å². The van der Waals surface area contributed by atoms with Gasteiger partial charge in [0.1, 0.15) is 18.1 Å². The molecular weight excluding hydrogens is 416 g/mol. The summed E-state index contributed by atoms with van der Waals surface area (Å²) in [5, 5.41) is 0. The molecule has 0 aliphatic carbocycles. The van der Waals surface area contributed by atoms with Crippen LogP contribution in [0.1, 0.15) is 64.5 Å². The van der Waals surface area contributed by atoms with Crippen LogP contribution in [0.3, 0.4) is 0 Å². The van der Waals surface area contributed by atoms with Crippen molar-refractivity contribution >= 4 is 23.2 Å². The van der Waals surface area contributed by atoms with Crippen LogP contribution >= 0.6 is 11.3 Å². The van der Waals surface area contributed by atoms with E-state index in [0.29, 0.717) is 6.61 Å². The lowest BCUT2D eigenvalue weighted by atomic mass is 9.86. The number of hydrogen-bond acceptors (Lipinski definition) is 4. The summed E-state index contributed by atoms with van der Waals surface area (Å²) >= 11 is 1.55. The Morgan fingerprint density at radius 2 is 1.81 bits per heavy atom. The molecule has 0 aliphatic rings. The Balaban J connectivity index is 1.80. The minimum atomic E-state index is -0.0164. The first-order valence-corrected chi connectivity index (χ1v) is 11.7. The summed E-state index contributed by atoms with van der Waals surface area (Å²) in [5.41, 5.74) is 4.19. The van der Waals surface area contributed by atoms with E-state index >= 15 is 0 Å². The molecule has 0 unspecified atom stereocenters. The molecule has 1 heterocycles. The van der Waals surface area contributed by atoms with Crippen LogP contribution in [-0.2, 0) is 18.4 Å². The molecule has 0 spiro atoms. The van der Waals surface area contributed by atoms with Crippen LogP contribution in [0.5, 0.6) is 11.5 Å². The van der Waals surface area contributed by atoms with Gasteiger partial charge in [-0.25, -0.2) is 0 Å². The lowest BCUT2D eigenvalue weighted by Gasteiger charge is -2.23. The molecule has 1 aromatic heterocycles. The highest BCUT2D eigenvalue weighted by Gasteiger charge is 2.19. The van der Waals surface area contributed by atoms with Gasteiger partial charge in [0.05, 0.1) is 12.0 Å². The third-order valence-electron chi connectivity index (χ3n) is 5.31. The molecule has 2 aromatic carbocycles. The van der Waals surface area contributed by atoms with E-state index in [4.69, 9.17) is 9.47 Å². The zero-order valence-corrected chi connectivity index (χ0v) is 20.6. The van der Waals surface area contributed by atoms with Crippen LogP contribution in [0, 0.1) is 6.92 Å². The zero-order valence-electron chi connectivity index (χ0n) is 19.8. The first-order valence-electron chi connectivity index (χ1n) is 10.9. The lowest BCUT2D eigenvalue weighted by Crippen LogP contribution is -2.13. The van der Waals surface area contributed by atoms with Crippen molar-refractivity contribution in [3.8, 4) is 11.5 Å². The van der Waals surface area contributed by atoms with Crippen LogP contribution in [0.4, 0.5) is 0 Å². The van der Waals surface area contributed by atoms with Crippen molar-refractivity contribution in [3.63, 3.8) is 0 Å². The van der Waals surface area contributed by atoms with Crippen molar-refractivity contribution in [2.75, 3.05) is 7.11 Å². The highest BCUT2D eigenvalue weighted by atomic mass is 32.1. The van der Waals surface area contributed by atoms with E-state index in [1.807, 2.05) is 36.4 Å². The summed E-state index contributed by atoms with van der Waals surface area (Å²) in [4.78, 5) is 14.5. The smallest absolute Gasteiger partial charge is 0.195 e. The van der Waals surface area contributed by atoms with Crippen LogP contribution in [-0.4, -0.2) is 12.9 Å². The topological polar surface area (TPSA) is 35.5 Å². The fourth-order valence-corrected chi connectivity index (χ4v) is 4.36. The number of methoxy groups -OCH3 is 1. The van der Waals surface area contributed by atoms with E-state index in [1.54, 1.807) is 24.5 Å². The van der Waals surface area contributed by atoms with E-state index in [2.05, 4.69) is 52.8 Å². The van der Waals surface area contributed by atoms with Crippen LogP contribution < -0.4 is 9.47 Å². The number of rotatable bonds is 8. The van der Waals surface area contributed by atoms with Crippen molar-refractivity contribution in [2.45, 2.75) is 53.1 Å². The molecule has 0 saturated carbocycles. The largest absolute Gasteiger partial charge is 0.496 e. The Hall–Kier alpha value is -2.85. The highest BCUT2D eigenvalue weighted by Crippen LogP contribution is 2.33. The minimum Gasteiger partial charge on any atom is -0.496 e. The molecule has 3 nitrogen and oxygen atoms in total. The molecule has 168 valence electrons. The Labute approximate surface area is 195 Å².